The van der Waals surface area contributed by atoms with E-state index in [0.717, 1.165) is 0 Å². The molecule has 0 spiro atoms. The van der Waals surface area contributed by atoms with Gasteiger partial charge in [0.15, 0.2) is 5.78 Å². The Morgan fingerprint density at radius 2 is 2.12 bits per heavy atom. The number of H-pyrrole nitrogens is 1. The number of aromatic amines is 1. The largest absolute Gasteiger partial charge is 0.359 e. The minimum atomic E-state index is -0.0476. The number of carbonyl (C=O) groups excluding carboxylic acids is 2. The average Bonchev–Trinajstić information content (AvgIpc) is 2.81. The minimum absolute atomic E-state index is 0.00106. The van der Waals surface area contributed by atoms with Crippen molar-refractivity contribution in [2.75, 3.05) is 26.2 Å². The first-order valence-electron chi connectivity index (χ1n) is 5.83. The number of rotatable bonds is 7. The summed E-state index contributed by atoms with van der Waals surface area (Å²) in [6, 6.07) is 3.52. The highest BCUT2D eigenvalue weighted by molar-refractivity contribution is 5.96. The van der Waals surface area contributed by atoms with E-state index in [0.29, 0.717) is 18.8 Å². The van der Waals surface area contributed by atoms with Gasteiger partial charge in [-0.15, -0.1) is 0 Å². The van der Waals surface area contributed by atoms with Gasteiger partial charge in [-0.2, -0.15) is 0 Å². The summed E-state index contributed by atoms with van der Waals surface area (Å²) in [5.41, 5.74) is 0.583. The third kappa shape index (κ3) is 4.40. The van der Waals surface area contributed by atoms with E-state index in [1.807, 2.05) is 18.7 Å². The number of amides is 1. The molecule has 0 saturated carbocycles. The van der Waals surface area contributed by atoms with Crippen LogP contribution in [-0.4, -0.2) is 47.8 Å². The number of likely N-dealkylation sites (N-methyl/N-ethyl adjacent to an activating group) is 2. The standard InChI is InChI=1S/C12H19N3O2/c1-3-13-12(17)9-15(4-2)8-11(16)10-6-5-7-14-10/h5-7,14H,3-4,8-9H2,1-2H3,(H,13,17). The first-order chi connectivity index (χ1) is 8.17. The van der Waals surface area contributed by atoms with Crippen molar-refractivity contribution in [3.05, 3.63) is 24.0 Å². The van der Waals surface area contributed by atoms with Crippen molar-refractivity contribution in [3.8, 4) is 0 Å². The monoisotopic (exact) mass is 237 g/mol. The van der Waals surface area contributed by atoms with Crippen molar-refractivity contribution < 1.29 is 9.59 Å². The zero-order valence-electron chi connectivity index (χ0n) is 10.3. The van der Waals surface area contributed by atoms with Gasteiger partial charge in [0.05, 0.1) is 18.8 Å². The molecule has 1 heterocycles. The molecule has 1 aromatic heterocycles. The molecule has 0 unspecified atom stereocenters. The van der Waals surface area contributed by atoms with E-state index in [1.165, 1.54) is 0 Å². The molecular formula is C12H19N3O2. The zero-order valence-corrected chi connectivity index (χ0v) is 10.3. The molecule has 1 amide bonds. The summed E-state index contributed by atoms with van der Waals surface area (Å²) in [5, 5.41) is 2.72. The molecule has 0 atom stereocenters. The van der Waals surface area contributed by atoms with Gasteiger partial charge in [-0.25, -0.2) is 0 Å². The summed E-state index contributed by atoms with van der Waals surface area (Å²) in [5.74, 6) is -0.0465. The number of hydrogen-bond acceptors (Lipinski definition) is 3. The highest BCUT2D eigenvalue weighted by Gasteiger charge is 2.14. The van der Waals surface area contributed by atoms with Crippen LogP contribution in [0.5, 0.6) is 0 Å². The summed E-state index contributed by atoms with van der Waals surface area (Å²) in [6.07, 6.45) is 1.72. The highest BCUT2D eigenvalue weighted by Crippen LogP contribution is 1.99. The van der Waals surface area contributed by atoms with Gasteiger partial charge in [-0.1, -0.05) is 6.92 Å². The molecule has 0 aliphatic carbocycles. The van der Waals surface area contributed by atoms with Crippen molar-refractivity contribution in [1.82, 2.24) is 15.2 Å². The van der Waals surface area contributed by atoms with Crippen LogP contribution in [0.1, 0.15) is 24.3 Å². The quantitative estimate of drug-likeness (QED) is 0.684. The Hall–Kier alpha value is -1.62. The molecular weight excluding hydrogens is 218 g/mol. The molecule has 5 nitrogen and oxygen atoms in total. The van der Waals surface area contributed by atoms with Gasteiger partial charge < -0.3 is 10.3 Å². The van der Waals surface area contributed by atoms with Gasteiger partial charge in [0.1, 0.15) is 0 Å². The number of Topliss-reactive ketones (excluding diaryl/α,β-unsaturated/α-hetero) is 1. The first kappa shape index (κ1) is 13.4. The van der Waals surface area contributed by atoms with E-state index in [2.05, 4.69) is 10.3 Å². The molecule has 0 aliphatic heterocycles. The van der Waals surface area contributed by atoms with Gasteiger partial charge in [0.25, 0.3) is 0 Å². The number of ketones is 1. The lowest BCUT2D eigenvalue weighted by molar-refractivity contribution is -0.121. The third-order valence-corrected chi connectivity index (χ3v) is 2.45. The lowest BCUT2D eigenvalue weighted by Gasteiger charge is -2.18. The molecule has 94 valence electrons. The van der Waals surface area contributed by atoms with Crippen molar-refractivity contribution in [2.45, 2.75) is 13.8 Å². The van der Waals surface area contributed by atoms with Gasteiger partial charge in [-0.05, 0) is 25.6 Å². The Bertz CT molecular complexity index is 360. The summed E-state index contributed by atoms with van der Waals surface area (Å²) in [7, 11) is 0. The highest BCUT2D eigenvalue weighted by atomic mass is 16.2. The van der Waals surface area contributed by atoms with Gasteiger partial charge in [0, 0.05) is 12.7 Å². The summed E-state index contributed by atoms with van der Waals surface area (Å²) >= 11 is 0. The van der Waals surface area contributed by atoms with Crippen LogP contribution in [0.3, 0.4) is 0 Å². The number of nitrogens with one attached hydrogen (secondary N) is 2. The van der Waals surface area contributed by atoms with Crippen LogP contribution in [0.25, 0.3) is 0 Å². The van der Waals surface area contributed by atoms with E-state index >= 15 is 0 Å². The van der Waals surface area contributed by atoms with Crippen LogP contribution in [0, 0.1) is 0 Å². The number of carbonyl (C=O) groups is 2. The molecule has 0 aromatic carbocycles. The fourth-order valence-corrected chi connectivity index (χ4v) is 1.53. The second-order valence-corrected chi connectivity index (χ2v) is 3.76. The topological polar surface area (TPSA) is 65.2 Å². The Balaban J connectivity index is 2.47. The van der Waals surface area contributed by atoms with E-state index < -0.39 is 0 Å². The third-order valence-electron chi connectivity index (χ3n) is 2.45. The summed E-state index contributed by atoms with van der Waals surface area (Å²) in [4.78, 5) is 27.9. The number of aromatic nitrogens is 1. The Morgan fingerprint density at radius 3 is 2.65 bits per heavy atom. The molecule has 0 aliphatic rings. The Labute approximate surface area is 101 Å². The van der Waals surface area contributed by atoms with Gasteiger partial charge >= 0.3 is 0 Å². The maximum atomic E-state index is 11.8. The van der Waals surface area contributed by atoms with Crippen LogP contribution in [0.2, 0.25) is 0 Å². The first-order valence-corrected chi connectivity index (χ1v) is 5.83. The van der Waals surface area contributed by atoms with Crippen LogP contribution < -0.4 is 5.32 Å². The predicted octanol–water partition coefficient (Wildman–Crippen LogP) is 0.655. The molecule has 0 saturated heterocycles. The summed E-state index contributed by atoms with van der Waals surface area (Å²) in [6.45, 7) is 5.61. The minimum Gasteiger partial charge on any atom is -0.359 e. The second kappa shape index (κ2) is 6.85. The molecule has 2 N–H and O–H groups in total. The van der Waals surface area contributed by atoms with E-state index in [1.54, 1.807) is 18.3 Å². The van der Waals surface area contributed by atoms with E-state index in [4.69, 9.17) is 0 Å². The van der Waals surface area contributed by atoms with E-state index in [-0.39, 0.29) is 24.8 Å². The zero-order chi connectivity index (χ0) is 12.7. The van der Waals surface area contributed by atoms with Gasteiger partial charge in [-0.3, -0.25) is 14.5 Å². The molecule has 0 fully saturated rings. The van der Waals surface area contributed by atoms with Crippen molar-refractivity contribution in [2.24, 2.45) is 0 Å². The van der Waals surface area contributed by atoms with Crippen molar-refractivity contribution >= 4 is 11.7 Å². The van der Waals surface area contributed by atoms with E-state index in [9.17, 15) is 9.59 Å². The normalized spacial score (nSPS) is 10.5. The SMILES string of the molecule is CCNC(=O)CN(CC)CC(=O)c1ccc[nH]1. The molecule has 0 radical (unpaired) electrons. The number of nitrogens with zero attached hydrogens (tertiary/aromatic N) is 1. The Morgan fingerprint density at radius 1 is 1.35 bits per heavy atom. The molecule has 17 heavy (non-hydrogen) atoms. The molecule has 5 heteroatoms. The average molecular weight is 237 g/mol. The molecule has 1 aromatic rings. The lowest BCUT2D eigenvalue weighted by atomic mass is 10.2. The maximum absolute atomic E-state index is 11.8. The van der Waals surface area contributed by atoms with Crippen molar-refractivity contribution in [1.29, 1.82) is 0 Å². The molecule has 0 bridgehead atoms. The lowest BCUT2D eigenvalue weighted by Crippen LogP contribution is -2.39. The van der Waals surface area contributed by atoms with Crippen LogP contribution in [-0.2, 0) is 4.79 Å². The fraction of sp³-hybridized carbons (Fsp3) is 0.500. The smallest absolute Gasteiger partial charge is 0.234 e. The maximum Gasteiger partial charge on any atom is 0.234 e. The molecule has 1 rings (SSSR count). The predicted molar refractivity (Wildman–Crippen MR) is 65.9 cm³/mol. The van der Waals surface area contributed by atoms with Crippen LogP contribution in [0.4, 0.5) is 0 Å². The van der Waals surface area contributed by atoms with Crippen LogP contribution in [0.15, 0.2) is 18.3 Å². The summed E-state index contributed by atoms with van der Waals surface area (Å²) < 4.78 is 0. The number of hydrogen-bond donors (Lipinski definition) is 2. The van der Waals surface area contributed by atoms with Gasteiger partial charge in [0.2, 0.25) is 5.91 Å². The van der Waals surface area contributed by atoms with Crippen LogP contribution >= 0.6 is 0 Å². The van der Waals surface area contributed by atoms with Crippen molar-refractivity contribution in [3.63, 3.8) is 0 Å². The Kier molecular flexibility index (Phi) is 5.42. The fourth-order valence-electron chi connectivity index (χ4n) is 1.53. The second-order valence-electron chi connectivity index (χ2n) is 3.76.